The fraction of sp³-hybridized carbons (Fsp3) is 0.590. The molecule has 0 bridgehead atoms. The first-order valence-electron chi connectivity index (χ1n) is 17.3. The summed E-state index contributed by atoms with van der Waals surface area (Å²) in [5, 5.41) is 0. The average molecular weight is 671 g/mol. The molecular formula is C39H58O9. The Morgan fingerprint density at radius 3 is 1.56 bits per heavy atom. The van der Waals surface area contributed by atoms with Crippen molar-refractivity contribution >= 4 is 23.7 Å². The maximum atomic E-state index is 13.2. The largest absolute Gasteiger partial charge is 0.491 e. The molecule has 0 saturated heterocycles. The first kappa shape index (κ1) is 42.3. The van der Waals surface area contributed by atoms with Crippen LogP contribution in [0.15, 0.2) is 68.3 Å². The molecule has 0 aliphatic heterocycles. The Bertz CT molecular complexity index is 1080. The van der Waals surface area contributed by atoms with Gasteiger partial charge in [-0.2, -0.15) is 0 Å². The van der Waals surface area contributed by atoms with Crippen molar-refractivity contribution in [2.24, 2.45) is 0 Å². The number of methoxy groups -OCH3 is 1. The SMILES string of the molecule is C=CCCCCCCC(CC(=O)OC(CCCCC=C)CC(=O)OC(CCC=C)CC(C)=O)OC(=O)CC(COc1ccccc1)OC. The number of allylic oxidation sites excluding steroid dienone is 3. The average Bonchev–Trinajstić information content (AvgIpc) is 3.05. The van der Waals surface area contributed by atoms with Crippen LogP contribution in [-0.2, 0) is 38.1 Å². The molecule has 9 heteroatoms. The monoisotopic (exact) mass is 670 g/mol. The summed E-state index contributed by atoms with van der Waals surface area (Å²) in [5.41, 5.74) is 0. The first-order chi connectivity index (χ1) is 23.2. The van der Waals surface area contributed by atoms with Crippen LogP contribution in [-0.4, -0.2) is 61.8 Å². The molecule has 4 unspecified atom stereocenters. The Morgan fingerprint density at radius 2 is 1.06 bits per heavy atom. The van der Waals surface area contributed by atoms with Gasteiger partial charge in [-0.05, 0) is 83.3 Å². The Balaban J connectivity index is 2.88. The number of ether oxygens (including phenoxy) is 5. The van der Waals surface area contributed by atoms with E-state index >= 15 is 0 Å². The van der Waals surface area contributed by atoms with Gasteiger partial charge in [-0.1, -0.05) is 49.3 Å². The van der Waals surface area contributed by atoms with Gasteiger partial charge in [0.15, 0.2) is 0 Å². The van der Waals surface area contributed by atoms with Crippen LogP contribution in [0.5, 0.6) is 5.75 Å². The van der Waals surface area contributed by atoms with E-state index in [9.17, 15) is 19.2 Å². The Kier molecular flexibility index (Phi) is 24.0. The van der Waals surface area contributed by atoms with Crippen molar-refractivity contribution in [1.82, 2.24) is 0 Å². The summed E-state index contributed by atoms with van der Waals surface area (Å²) in [6.07, 6.45) is 11.8. The lowest BCUT2D eigenvalue weighted by Crippen LogP contribution is -2.30. The first-order valence-corrected chi connectivity index (χ1v) is 17.3. The summed E-state index contributed by atoms with van der Waals surface area (Å²) in [5.74, 6) is -0.991. The van der Waals surface area contributed by atoms with Gasteiger partial charge in [-0.25, -0.2) is 0 Å². The van der Waals surface area contributed by atoms with Gasteiger partial charge in [0.2, 0.25) is 0 Å². The van der Waals surface area contributed by atoms with Crippen LogP contribution in [0.3, 0.4) is 0 Å². The number of unbranched alkanes of at least 4 members (excludes halogenated alkanes) is 6. The number of Topliss-reactive ketones (excluding diaryl/α,β-unsaturated/α-hetero) is 1. The highest BCUT2D eigenvalue weighted by Gasteiger charge is 2.26. The molecule has 268 valence electrons. The zero-order chi connectivity index (χ0) is 35.4. The number of benzene rings is 1. The number of hydrogen-bond donors (Lipinski definition) is 0. The van der Waals surface area contributed by atoms with E-state index < -0.39 is 42.3 Å². The quantitative estimate of drug-likeness (QED) is 0.0346. The molecule has 1 rings (SSSR count). The van der Waals surface area contributed by atoms with Crippen LogP contribution in [0.2, 0.25) is 0 Å². The van der Waals surface area contributed by atoms with Crippen molar-refractivity contribution in [3.8, 4) is 5.75 Å². The molecule has 0 N–H and O–H groups in total. The van der Waals surface area contributed by atoms with Crippen LogP contribution in [0.4, 0.5) is 0 Å². The van der Waals surface area contributed by atoms with Gasteiger partial charge in [-0.3, -0.25) is 19.2 Å². The molecule has 48 heavy (non-hydrogen) atoms. The molecule has 0 spiro atoms. The van der Waals surface area contributed by atoms with Gasteiger partial charge in [0.05, 0.1) is 19.3 Å². The molecule has 1 aromatic rings. The van der Waals surface area contributed by atoms with E-state index in [4.69, 9.17) is 23.7 Å². The second kappa shape index (κ2) is 27.3. The number of hydrogen-bond acceptors (Lipinski definition) is 9. The lowest BCUT2D eigenvalue weighted by atomic mass is 10.0. The third-order valence-corrected chi connectivity index (χ3v) is 7.67. The van der Waals surface area contributed by atoms with Crippen LogP contribution in [0, 0.1) is 0 Å². The fourth-order valence-corrected chi connectivity index (χ4v) is 5.08. The van der Waals surface area contributed by atoms with Gasteiger partial charge < -0.3 is 23.7 Å². The Morgan fingerprint density at radius 1 is 0.604 bits per heavy atom. The number of carbonyl (C=O) groups excluding carboxylic acids is 4. The van der Waals surface area contributed by atoms with E-state index in [0.29, 0.717) is 31.4 Å². The zero-order valence-corrected chi connectivity index (χ0v) is 29.2. The maximum Gasteiger partial charge on any atom is 0.309 e. The van der Waals surface area contributed by atoms with Gasteiger partial charge in [0.25, 0.3) is 0 Å². The van der Waals surface area contributed by atoms with Crippen LogP contribution < -0.4 is 4.74 Å². The maximum absolute atomic E-state index is 13.2. The number of para-hydroxylation sites is 1. The number of rotatable bonds is 30. The molecule has 1 aromatic carbocycles. The molecule has 9 nitrogen and oxygen atoms in total. The lowest BCUT2D eigenvalue weighted by Gasteiger charge is -2.23. The molecule has 4 atom stereocenters. The molecule has 0 aliphatic carbocycles. The normalized spacial score (nSPS) is 13.3. The molecule has 0 radical (unpaired) electrons. The summed E-state index contributed by atoms with van der Waals surface area (Å²) >= 11 is 0. The van der Waals surface area contributed by atoms with E-state index in [1.54, 1.807) is 6.08 Å². The van der Waals surface area contributed by atoms with Crippen LogP contribution >= 0.6 is 0 Å². The van der Waals surface area contributed by atoms with Crippen molar-refractivity contribution in [2.45, 2.75) is 134 Å². The third-order valence-electron chi connectivity index (χ3n) is 7.67. The summed E-state index contributed by atoms with van der Waals surface area (Å²) in [6.45, 7) is 12.8. The van der Waals surface area contributed by atoms with Crippen LogP contribution in [0.25, 0.3) is 0 Å². The zero-order valence-electron chi connectivity index (χ0n) is 29.2. The number of ketones is 1. The number of carbonyl (C=O) groups is 4. The van der Waals surface area contributed by atoms with Crippen molar-refractivity contribution in [1.29, 1.82) is 0 Å². The topological polar surface area (TPSA) is 114 Å². The highest BCUT2D eigenvalue weighted by Crippen LogP contribution is 2.19. The minimum absolute atomic E-state index is 0.0424. The molecule has 0 heterocycles. The standard InChI is InChI=1S/C39H58O9/c1-6-9-12-14-15-18-25-35(48-39(43)29-36(44-5)30-45-32-22-19-16-20-23-32)28-38(42)47-34(24-17-13-10-7-2)27-37(41)46-33(21-11-8-3)26-31(4)40/h6-8,16,19-20,22-23,33-36H,1-3,9-15,17-18,21,24-30H2,4-5H3. The van der Waals surface area contributed by atoms with Crippen molar-refractivity contribution in [3.05, 3.63) is 68.3 Å². The van der Waals surface area contributed by atoms with Gasteiger partial charge in [0, 0.05) is 13.5 Å². The Hall–Kier alpha value is -3.72. The Labute approximate surface area is 288 Å². The van der Waals surface area contributed by atoms with Crippen molar-refractivity contribution < 1.29 is 42.9 Å². The molecule has 0 saturated carbocycles. The van der Waals surface area contributed by atoms with Crippen molar-refractivity contribution in [2.75, 3.05) is 13.7 Å². The van der Waals surface area contributed by atoms with Gasteiger partial charge in [0.1, 0.15) is 42.6 Å². The second-order valence-electron chi connectivity index (χ2n) is 12.1. The second-order valence-corrected chi connectivity index (χ2v) is 12.1. The summed E-state index contributed by atoms with van der Waals surface area (Å²) in [4.78, 5) is 50.9. The predicted molar refractivity (Wildman–Crippen MR) is 188 cm³/mol. The summed E-state index contributed by atoms with van der Waals surface area (Å²) < 4.78 is 28.4. The third kappa shape index (κ3) is 22.0. The van der Waals surface area contributed by atoms with Gasteiger partial charge in [-0.15, -0.1) is 19.7 Å². The predicted octanol–water partition coefficient (Wildman–Crippen LogP) is 8.20. The molecule has 0 aliphatic rings. The minimum atomic E-state index is -0.713. The van der Waals surface area contributed by atoms with Gasteiger partial charge >= 0.3 is 17.9 Å². The van der Waals surface area contributed by atoms with E-state index in [2.05, 4.69) is 19.7 Å². The molecule has 0 amide bonds. The minimum Gasteiger partial charge on any atom is -0.491 e. The van der Waals surface area contributed by atoms with E-state index in [0.717, 1.165) is 51.4 Å². The molecule has 0 fully saturated rings. The summed E-state index contributed by atoms with van der Waals surface area (Å²) in [6, 6.07) is 9.24. The number of esters is 3. The van der Waals surface area contributed by atoms with E-state index in [-0.39, 0.29) is 38.1 Å². The molecular weight excluding hydrogens is 612 g/mol. The fourth-order valence-electron chi connectivity index (χ4n) is 5.08. The highest BCUT2D eigenvalue weighted by atomic mass is 16.6. The van der Waals surface area contributed by atoms with Crippen LogP contribution in [0.1, 0.15) is 110 Å². The van der Waals surface area contributed by atoms with E-state index in [1.165, 1.54) is 14.0 Å². The van der Waals surface area contributed by atoms with Crippen molar-refractivity contribution in [3.63, 3.8) is 0 Å². The summed E-state index contributed by atoms with van der Waals surface area (Å²) in [7, 11) is 1.51. The van der Waals surface area contributed by atoms with E-state index in [1.807, 2.05) is 42.5 Å². The highest BCUT2D eigenvalue weighted by molar-refractivity contribution is 5.77. The molecule has 0 aromatic heterocycles. The smallest absolute Gasteiger partial charge is 0.309 e. The lowest BCUT2D eigenvalue weighted by molar-refractivity contribution is -0.162.